The van der Waals surface area contributed by atoms with Crippen LogP contribution in [0.5, 0.6) is 0 Å². The lowest BCUT2D eigenvalue weighted by Crippen LogP contribution is -2.17. The Morgan fingerprint density at radius 2 is 2.17 bits per heavy atom. The number of carbonyl (C=O) groups excluding carboxylic acids is 1. The van der Waals surface area contributed by atoms with Crippen molar-refractivity contribution in [1.29, 1.82) is 0 Å². The van der Waals surface area contributed by atoms with Crippen LogP contribution in [-0.4, -0.2) is 43.6 Å². The Labute approximate surface area is 174 Å². The number of thioether (sulfide) groups is 1. The fourth-order valence-electron chi connectivity index (χ4n) is 3.83. The molecular weight excluding hydrogens is 388 g/mol. The zero-order valence-corrected chi connectivity index (χ0v) is 17.9. The third kappa shape index (κ3) is 4.04. The van der Waals surface area contributed by atoms with E-state index in [4.69, 9.17) is 9.15 Å². The van der Waals surface area contributed by atoms with E-state index in [2.05, 4.69) is 21.7 Å². The summed E-state index contributed by atoms with van der Waals surface area (Å²) in [5.41, 5.74) is 2.89. The van der Waals surface area contributed by atoms with E-state index in [1.54, 1.807) is 6.26 Å². The molecule has 1 saturated heterocycles. The summed E-state index contributed by atoms with van der Waals surface area (Å²) >= 11 is 1.41. The van der Waals surface area contributed by atoms with Gasteiger partial charge < -0.3 is 13.7 Å². The maximum absolute atomic E-state index is 12.9. The van der Waals surface area contributed by atoms with Gasteiger partial charge in [-0.2, -0.15) is 0 Å². The second-order valence-corrected chi connectivity index (χ2v) is 8.21. The molecule has 1 unspecified atom stereocenters. The van der Waals surface area contributed by atoms with Crippen molar-refractivity contribution < 1.29 is 13.9 Å². The number of aromatic nitrogens is 4. The molecule has 4 rings (SSSR count). The molecule has 154 valence electrons. The van der Waals surface area contributed by atoms with E-state index in [9.17, 15) is 4.79 Å². The smallest absolute Gasteiger partial charge is 0.200 e. The number of rotatable bonds is 8. The Kier molecular flexibility index (Phi) is 5.91. The molecule has 7 nitrogen and oxygen atoms in total. The number of Topliss-reactive ketones (excluding diaryl/α,β-unsaturated/α-hetero) is 1. The molecule has 0 bridgehead atoms. The molecule has 0 aliphatic carbocycles. The van der Waals surface area contributed by atoms with E-state index in [0.29, 0.717) is 23.9 Å². The minimum Gasteiger partial charge on any atom is -0.461 e. The highest BCUT2D eigenvalue weighted by Crippen LogP contribution is 2.26. The topological polar surface area (TPSA) is 75.1 Å². The molecule has 1 fully saturated rings. The lowest BCUT2D eigenvalue weighted by atomic mass is 10.2. The van der Waals surface area contributed by atoms with Crippen LogP contribution in [0, 0.1) is 13.8 Å². The van der Waals surface area contributed by atoms with Crippen molar-refractivity contribution in [2.75, 3.05) is 12.4 Å². The minimum atomic E-state index is 0.104. The van der Waals surface area contributed by atoms with Crippen LogP contribution in [-0.2, 0) is 17.8 Å². The number of ketones is 1. The van der Waals surface area contributed by atoms with E-state index in [1.807, 2.05) is 36.6 Å². The van der Waals surface area contributed by atoms with Gasteiger partial charge in [0.25, 0.3) is 0 Å². The van der Waals surface area contributed by atoms with Gasteiger partial charge in [0.05, 0.1) is 18.1 Å². The van der Waals surface area contributed by atoms with Gasteiger partial charge >= 0.3 is 0 Å². The minimum absolute atomic E-state index is 0.104. The third-order valence-corrected chi connectivity index (χ3v) is 6.36. The van der Waals surface area contributed by atoms with Gasteiger partial charge in [0, 0.05) is 36.6 Å². The van der Waals surface area contributed by atoms with Gasteiger partial charge in [0.2, 0.25) is 0 Å². The first kappa shape index (κ1) is 20.0. The molecule has 3 aromatic heterocycles. The Morgan fingerprint density at radius 1 is 1.31 bits per heavy atom. The number of nitrogens with zero attached hydrogens (tertiary/aromatic N) is 4. The second-order valence-electron chi connectivity index (χ2n) is 7.27. The molecule has 1 atom stereocenters. The number of furan rings is 1. The summed E-state index contributed by atoms with van der Waals surface area (Å²) < 4.78 is 15.4. The third-order valence-electron chi connectivity index (χ3n) is 5.39. The fraction of sp³-hybridized carbons (Fsp3) is 0.476. The van der Waals surface area contributed by atoms with Gasteiger partial charge in [-0.15, -0.1) is 10.2 Å². The van der Waals surface area contributed by atoms with Crippen LogP contribution in [0.4, 0.5) is 0 Å². The van der Waals surface area contributed by atoms with Crippen LogP contribution in [0.1, 0.15) is 41.5 Å². The normalized spacial score (nSPS) is 16.6. The van der Waals surface area contributed by atoms with Crippen LogP contribution in [0.3, 0.4) is 0 Å². The van der Waals surface area contributed by atoms with Crippen molar-refractivity contribution in [1.82, 2.24) is 19.3 Å². The lowest BCUT2D eigenvalue weighted by molar-refractivity contribution is 0.0957. The molecule has 29 heavy (non-hydrogen) atoms. The maximum atomic E-state index is 12.9. The van der Waals surface area contributed by atoms with Gasteiger partial charge in [-0.05, 0) is 51.8 Å². The van der Waals surface area contributed by atoms with Crippen LogP contribution in [0.15, 0.2) is 34.0 Å². The standard InChI is InChI=1S/C21H26N4O3S/c1-4-24-20(19-8-6-10-28-19)22-23-21(24)29-13-18(26)17-11-14(2)25(15(17)3)12-16-7-5-9-27-16/h6,8,10-11,16H,4-5,7,9,12-13H2,1-3H3. The molecule has 1 aliphatic heterocycles. The predicted molar refractivity (Wildman–Crippen MR) is 111 cm³/mol. The molecular formula is C21H26N4O3S. The summed E-state index contributed by atoms with van der Waals surface area (Å²) in [5.74, 6) is 1.78. The van der Waals surface area contributed by atoms with E-state index >= 15 is 0 Å². The first-order valence-corrected chi connectivity index (χ1v) is 11.0. The van der Waals surface area contributed by atoms with Gasteiger partial charge in [0.15, 0.2) is 22.5 Å². The zero-order chi connectivity index (χ0) is 20.4. The predicted octanol–water partition coefficient (Wildman–Crippen LogP) is 4.13. The largest absolute Gasteiger partial charge is 0.461 e. The van der Waals surface area contributed by atoms with Gasteiger partial charge in [-0.1, -0.05) is 11.8 Å². The van der Waals surface area contributed by atoms with E-state index in [-0.39, 0.29) is 11.9 Å². The summed E-state index contributed by atoms with van der Waals surface area (Å²) in [5, 5.41) is 9.23. The molecule has 0 N–H and O–H groups in total. The number of hydrogen-bond acceptors (Lipinski definition) is 6. The van der Waals surface area contributed by atoms with Crippen molar-refractivity contribution in [3.8, 4) is 11.6 Å². The Bertz CT molecular complexity index is 984. The summed E-state index contributed by atoms with van der Waals surface area (Å²) in [4.78, 5) is 12.9. The number of aryl methyl sites for hydroxylation is 1. The Balaban J connectivity index is 1.46. The van der Waals surface area contributed by atoms with Gasteiger partial charge in [-0.3, -0.25) is 9.36 Å². The molecule has 1 aliphatic rings. The van der Waals surface area contributed by atoms with Crippen molar-refractivity contribution in [2.24, 2.45) is 0 Å². The molecule has 0 radical (unpaired) electrons. The molecule has 8 heteroatoms. The fourth-order valence-corrected chi connectivity index (χ4v) is 4.72. The molecule has 0 saturated carbocycles. The average molecular weight is 415 g/mol. The number of hydrogen-bond donors (Lipinski definition) is 0. The van der Waals surface area contributed by atoms with E-state index in [1.165, 1.54) is 11.8 Å². The molecule has 3 aromatic rings. The van der Waals surface area contributed by atoms with Crippen LogP contribution in [0.25, 0.3) is 11.6 Å². The number of ether oxygens (including phenoxy) is 1. The Morgan fingerprint density at radius 3 is 2.86 bits per heavy atom. The highest BCUT2D eigenvalue weighted by molar-refractivity contribution is 7.99. The van der Waals surface area contributed by atoms with Crippen molar-refractivity contribution in [3.63, 3.8) is 0 Å². The summed E-state index contributed by atoms with van der Waals surface area (Å²) in [6.07, 6.45) is 4.07. The van der Waals surface area contributed by atoms with Crippen LogP contribution >= 0.6 is 11.8 Å². The second kappa shape index (κ2) is 8.59. The molecule has 4 heterocycles. The van der Waals surface area contributed by atoms with Crippen molar-refractivity contribution >= 4 is 17.5 Å². The maximum Gasteiger partial charge on any atom is 0.200 e. The average Bonchev–Trinajstić information content (AvgIpc) is 3.50. The quantitative estimate of drug-likeness (QED) is 0.407. The van der Waals surface area contributed by atoms with E-state index < -0.39 is 0 Å². The first-order valence-electron chi connectivity index (χ1n) is 10.00. The summed E-state index contributed by atoms with van der Waals surface area (Å²) in [6.45, 7) is 8.45. The van der Waals surface area contributed by atoms with Gasteiger partial charge in [0.1, 0.15) is 0 Å². The monoisotopic (exact) mass is 414 g/mol. The highest BCUT2D eigenvalue weighted by atomic mass is 32.2. The summed E-state index contributed by atoms with van der Waals surface area (Å²) in [7, 11) is 0. The van der Waals surface area contributed by atoms with Gasteiger partial charge in [-0.25, -0.2) is 0 Å². The SMILES string of the molecule is CCn1c(SCC(=O)c2cc(C)n(CC3CCCO3)c2C)nnc1-c1ccco1. The zero-order valence-electron chi connectivity index (χ0n) is 17.1. The lowest BCUT2D eigenvalue weighted by Gasteiger charge is -2.14. The highest BCUT2D eigenvalue weighted by Gasteiger charge is 2.22. The van der Waals surface area contributed by atoms with Crippen LogP contribution < -0.4 is 0 Å². The van der Waals surface area contributed by atoms with Crippen molar-refractivity contribution in [3.05, 3.63) is 41.4 Å². The molecule has 0 amide bonds. The van der Waals surface area contributed by atoms with Crippen LogP contribution in [0.2, 0.25) is 0 Å². The molecule has 0 spiro atoms. The number of carbonyl (C=O) groups is 1. The van der Waals surface area contributed by atoms with Crippen molar-refractivity contribution in [2.45, 2.75) is 58.0 Å². The molecule has 0 aromatic carbocycles. The van der Waals surface area contributed by atoms with E-state index in [0.717, 1.165) is 48.1 Å². The first-order chi connectivity index (χ1) is 14.1. The summed E-state index contributed by atoms with van der Waals surface area (Å²) in [6, 6.07) is 5.68. The Hall–Kier alpha value is -2.32.